The first-order chi connectivity index (χ1) is 20.0. The van der Waals surface area contributed by atoms with E-state index in [0.717, 1.165) is 6.26 Å². The molecule has 1 aromatic heterocycles. The Kier molecular flexibility index (Phi) is 11.4. The maximum atomic E-state index is 13.3. The van der Waals surface area contributed by atoms with Gasteiger partial charge >= 0.3 is 12.1 Å². The number of alkyl carbamates (subject to hydrolysis) is 1. The molecule has 2 N–H and O–H groups in total. The third-order valence-electron chi connectivity index (χ3n) is 6.64. The number of ketones is 1. The van der Waals surface area contributed by atoms with E-state index in [9.17, 15) is 24.0 Å². The molecule has 0 aromatic carbocycles. The molecule has 3 rings (SSSR count). The molecular formula is C30H38N4O8. The molecule has 0 spiro atoms. The van der Waals surface area contributed by atoms with E-state index in [2.05, 4.69) is 15.6 Å². The fourth-order valence-electron chi connectivity index (χ4n) is 4.59. The summed E-state index contributed by atoms with van der Waals surface area (Å²) < 4.78 is 16.6. The van der Waals surface area contributed by atoms with Gasteiger partial charge < -0.3 is 29.4 Å². The second-order valence-corrected chi connectivity index (χ2v) is 10.5. The van der Waals surface area contributed by atoms with Crippen molar-refractivity contribution in [1.82, 2.24) is 20.5 Å². The van der Waals surface area contributed by atoms with E-state index in [-0.39, 0.29) is 66.7 Å². The van der Waals surface area contributed by atoms with Gasteiger partial charge in [-0.15, -0.1) is 0 Å². The van der Waals surface area contributed by atoms with Crippen LogP contribution in [0.2, 0.25) is 0 Å². The molecule has 1 aromatic rings. The van der Waals surface area contributed by atoms with Crippen LogP contribution >= 0.6 is 0 Å². The fraction of sp³-hybridized carbons (Fsp3) is 0.467. The first kappa shape index (κ1) is 32.0. The van der Waals surface area contributed by atoms with Crippen LogP contribution in [0.4, 0.5) is 4.79 Å². The van der Waals surface area contributed by atoms with Gasteiger partial charge in [-0.25, -0.2) is 14.6 Å². The highest BCUT2D eigenvalue weighted by Gasteiger charge is 2.33. The van der Waals surface area contributed by atoms with Crippen molar-refractivity contribution in [1.29, 1.82) is 0 Å². The van der Waals surface area contributed by atoms with Crippen LogP contribution in [0.3, 0.4) is 0 Å². The van der Waals surface area contributed by atoms with Crippen LogP contribution in [0.1, 0.15) is 56.9 Å². The number of nitrogens with one attached hydrogen (secondary N) is 2. The number of hydrogen-bond donors (Lipinski definition) is 2. The van der Waals surface area contributed by atoms with E-state index in [4.69, 9.17) is 13.9 Å². The molecule has 3 amide bonds. The van der Waals surface area contributed by atoms with Crippen LogP contribution in [0.15, 0.2) is 58.4 Å². The van der Waals surface area contributed by atoms with Gasteiger partial charge in [-0.3, -0.25) is 14.4 Å². The molecular weight excluding hydrogens is 544 g/mol. The zero-order valence-electron chi connectivity index (χ0n) is 24.5. The van der Waals surface area contributed by atoms with Crippen LogP contribution in [0.25, 0.3) is 0 Å². The molecule has 12 heteroatoms. The lowest BCUT2D eigenvalue weighted by atomic mass is 9.94. The predicted molar refractivity (Wildman–Crippen MR) is 152 cm³/mol. The van der Waals surface area contributed by atoms with Crippen LogP contribution in [0.5, 0.6) is 0 Å². The number of hydrogen-bond acceptors (Lipinski definition) is 9. The van der Waals surface area contributed by atoms with Crippen LogP contribution in [-0.4, -0.2) is 71.9 Å². The van der Waals surface area contributed by atoms with Crippen molar-refractivity contribution in [3.63, 3.8) is 0 Å². The lowest BCUT2D eigenvalue weighted by Crippen LogP contribution is -2.36. The SMILES string of the molecule is CNC(=O)O[C@@H]1/C=C(C)/C=C/CNC(=O)/C=C/[C@@H](C)[C@@H](C(C)C)OC(=O)C2=CCCN2C(=O)c2coc(n2)CC(=O)C1. The molecule has 0 saturated carbocycles. The summed E-state index contributed by atoms with van der Waals surface area (Å²) >= 11 is 0. The van der Waals surface area contributed by atoms with Gasteiger partial charge in [0.15, 0.2) is 5.69 Å². The summed E-state index contributed by atoms with van der Waals surface area (Å²) in [5.74, 6) is -2.22. The average molecular weight is 583 g/mol. The Morgan fingerprint density at radius 3 is 2.69 bits per heavy atom. The Labute approximate surface area is 244 Å². The molecule has 0 unspecified atom stereocenters. The maximum absolute atomic E-state index is 13.3. The van der Waals surface area contributed by atoms with Crippen LogP contribution < -0.4 is 10.6 Å². The zero-order chi connectivity index (χ0) is 30.8. The molecule has 0 fully saturated rings. The van der Waals surface area contributed by atoms with Gasteiger partial charge in [0.05, 0.1) is 6.42 Å². The number of oxazole rings is 1. The standard InChI is InChI=1S/C30H38N4O8/c1-18(2)27-20(4)10-11-25(36)32-12-6-8-19(3)14-22(41-30(39)31-5)15-21(35)16-26-33-23(17-40-26)28(37)34-13-7-9-24(34)29(38)42-27/h6,8-11,14,17-18,20,22,27H,7,12-13,15-16H2,1-5H3,(H,31,39)(H,32,36)/b8-6+,11-10+,19-14+/t20-,22-,27-/m1/s1. The number of ether oxygens (including phenoxy) is 2. The number of cyclic esters (lactones) is 1. The van der Waals surface area contributed by atoms with Crippen molar-refractivity contribution in [2.24, 2.45) is 11.8 Å². The predicted octanol–water partition coefficient (Wildman–Crippen LogP) is 3.02. The Bertz CT molecular complexity index is 1310. The minimum atomic E-state index is -0.879. The number of amides is 3. The molecule has 2 aliphatic heterocycles. The summed E-state index contributed by atoms with van der Waals surface area (Å²) in [6.07, 6.45) is 8.85. The van der Waals surface area contributed by atoms with Gasteiger partial charge in [0.1, 0.15) is 30.0 Å². The second-order valence-electron chi connectivity index (χ2n) is 10.5. The summed E-state index contributed by atoms with van der Waals surface area (Å²) in [7, 11) is 1.41. The van der Waals surface area contributed by atoms with Crippen molar-refractivity contribution < 1.29 is 37.9 Å². The first-order valence-corrected chi connectivity index (χ1v) is 13.9. The zero-order valence-corrected chi connectivity index (χ0v) is 24.5. The second kappa shape index (κ2) is 14.9. The lowest BCUT2D eigenvalue weighted by molar-refractivity contribution is -0.149. The molecule has 0 aliphatic carbocycles. The smallest absolute Gasteiger partial charge is 0.407 e. The topological polar surface area (TPSA) is 157 Å². The third-order valence-corrected chi connectivity index (χ3v) is 6.64. The number of aromatic nitrogens is 1. The van der Waals surface area contributed by atoms with Crippen LogP contribution in [0, 0.1) is 11.8 Å². The molecule has 2 aliphatic rings. The molecule has 226 valence electrons. The van der Waals surface area contributed by atoms with E-state index in [1.54, 1.807) is 37.3 Å². The molecule has 3 atom stereocenters. The number of Topliss-reactive ketones (excluding diaryl/α,β-unsaturated/α-hetero) is 1. The van der Waals surface area contributed by atoms with Gasteiger partial charge in [-0.05, 0) is 31.4 Å². The van der Waals surface area contributed by atoms with Crippen molar-refractivity contribution in [2.75, 3.05) is 20.1 Å². The normalized spacial score (nSPS) is 25.9. The Hall–Kier alpha value is -4.48. The van der Waals surface area contributed by atoms with Crippen molar-refractivity contribution in [3.8, 4) is 0 Å². The van der Waals surface area contributed by atoms with Gasteiger partial charge in [0.2, 0.25) is 11.8 Å². The van der Waals surface area contributed by atoms with Gasteiger partial charge in [-0.1, -0.05) is 50.6 Å². The van der Waals surface area contributed by atoms with Gasteiger partial charge in [-0.2, -0.15) is 0 Å². The number of rotatable bonds is 2. The summed E-state index contributed by atoms with van der Waals surface area (Å²) in [6.45, 7) is 7.92. The van der Waals surface area contributed by atoms with E-state index < -0.39 is 30.2 Å². The molecule has 0 saturated heterocycles. The Morgan fingerprint density at radius 1 is 1.21 bits per heavy atom. The van der Waals surface area contributed by atoms with Gasteiger partial charge in [0.25, 0.3) is 5.91 Å². The van der Waals surface area contributed by atoms with Crippen molar-refractivity contribution >= 4 is 29.7 Å². The largest absolute Gasteiger partial charge is 0.457 e. The first-order valence-electron chi connectivity index (χ1n) is 13.9. The third kappa shape index (κ3) is 9.02. The number of nitrogens with zero attached hydrogens (tertiary/aromatic N) is 2. The number of allylic oxidation sites excluding steroid dienone is 2. The van der Waals surface area contributed by atoms with E-state index in [1.807, 2.05) is 20.8 Å². The molecule has 42 heavy (non-hydrogen) atoms. The average Bonchev–Trinajstić information content (AvgIpc) is 3.61. The number of carbonyl (C=O) groups is 5. The number of fused-ring (bicyclic) bond motifs is 3. The number of carbonyl (C=O) groups excluding carboxylic acids is 5. The maximum Gasteiger partial charge on any atom is 0.407 e. The lowest BCUT2D eigenvalue weighted by Gasteiger charge is -2.27. The summed E-state index contributed by atoms with van der Waals surface area (Å²) in [6, 6.07) is 0. The van der Waals surface area contributed by atoms with E-state index in [0.29, 0.717) is 12.0 Å². The van der Waals surface area contributed by atoms with Crippen LogP contribution in [-0.2, 0) is 30.3 Å². The minimum absolute atomic E-state index is 0.0181. The minimum Gasteiger partial charge on any atom is -0.457 e. The highest BCUT2D eigenvalue weighted by atomic mass is 16.6. The summed E-state index contributed by atoms with van der Waals surface area (Å²) in [4.78, 5) is 69.0. The monoisotopic (exact) mass is 582 g/mol. The Morgan fingerprint density at radius 2 is 1.98 bits per heavy atom. The highest BCUT2D eigenvalue weighted by Crippen LogP contribution is 2.24. The van der Waals surface area contributed by atoms with E-state index in [1.165, 1.54) is 18.0 Å². The summed E-state index contributed by atoms with van der Waals surface area (Å²) in [5.41, 5.74) is 0.744. The van der Waals surface area contributed by atoms with Crippen molar-refractivity contribution in [2.45, 2.75) is 59.2 Å². The molecule has 3 heterocycles. The summed E-state index contributed by atoms with van der Waals surface area (Å²) in [5, 5.41) is 5.11. The van der Waals surface area contributed by atoms with Gasteiger partial charge in [0, 0.05) is 32.5 Å². The Balaban J connectivity index is 1.90. The molecule has 0 radical (unpaired) electrons. The molecule has 12 nitrogen and oxygen atoms in total. The number of esters is 1. The molecule has 2 bridgehead atoms. The highest BCUT2D eigenvalue weighted by molar-refractivity contribution is 6.00. The van der Waals surface area contributed by atoms with Crippen molar-refractivity contribution in [3.05, 3.63) is 65.6 Å². The fourth-order valence-corrected chi connectivity index (χ4v) is 4.59. The quantitative estimate of drug-likeness (QED) is 0.500. The van der Waals surface area contributed by atoms with E-state index >= 15 is 0 Å².